The molecule has 4 atom stereocenters. The molecule has 100 valence electrons. The van der Waals surface area contributed by atoms with Crippen LogP contribution in [0, 0.1) is 17.8 Å². The third kappa shape index (κ3) is 3.43. The molecular weight excluding hydrogens is 212 g/mol. The standard InChI is InChI=1S/C14H28N2O/c1-15-14(10-17-3)9-16(2)8-13-7-11-4-5-12(13)6-11/h11-15H,4-10H2,1-3H3. The summed E-state index contributed by atoms with van der Waals surface area (Å²) in [5.74, 6) is 3.08. The van der Waals surface area contributed by atoms with Crippen molar-refractivity contribution in [1.82, 2.24) is 10.2 Å². The Labute approximate surface area is 106 Å². The second-order valence-corrected chi connectivity index (χ2v) is 6.10. The predicted octanol–water partition coefficient (Wildman–Crippen LogP) is 1.59. The van der Waals surface area contributed by atoms with Crippen LogP contribution in [0.25, 0.3) is 0 Å². The van der Waals surface area contributed by atoms with E-state index in [-0.39, 0.29) is 0 Å². The third-order valence-electron chi connectivity index (χ3n) is 4.74. The van der Waals surface area contributed by atoms with Crippen molar-refractivity contribution in [3.05, 3.63) is 0 Å². The van der Waals surface area contributed by atoms with Crippen molar-refractivity contribution in [2.75, 3.05) is 40.9 Å². The fraction of sp³-hybridized carbons (Fsp3) is 1.00. The van der Waals surface area contributed by atoms with E-state index < -0.39 is 0 Å². The van der Waals surface area contributed by atoms with Crippen molar-refractivity contribution in [3.8, 4) is 0 Å². The van der Waals surface area contributed by atoms with E-state index in [2.05, 4.69) is 17.3 Å². The van der Waals surface area contributed by atoms with Crippen molar-refractivity contribution in [1.29, 1.82) is 0 Å². The summed E-state index contributed by atoms with van der Waals surface area (Å²) in [4.78, 5) is 2.49. The van der Waals surface area contributed by atoms with Crippen LogP contribution in [0.1, 0.15) is 25.7 Å². The maximum absolute atomic E-state index is 5.23. The topological polar surface area (TPSA) is 24.5 Å². The minimum atomic E-state index is 0.462. The molecular formula is C14H28N2O. The Hall–Kier alpha value is -0.120. The monoisotopic (exact) mass is 240 g/mol. The normalized spacial score (nSPS) is 33.5. The molecule has 0 radical (unpaired) electrons. The van der Waals surface area contributed by atoms with Crippen molar-refractivity contribution in [2.45, 2.75) is 31.7 Å². The molecule has 3 nitrogen and oxygen atoms in total. The number of methoxy groups -OCH3 is 1. The highest BCUT2D eigenvalue weighted by atomic mass is 16.5. The van der Waals surface area contributed by atoms with Gasteiger partial charge in [-0.3, -0.25) is 0 Å². The van der Waals surface area contributed by atoms with Crippen LogP contribution in [0.2, 0.25) is 0 Å². The third-order valence-corrected chi connectivity index (χ3v) is 4.74. The Kier molecular flexibility index (Phi) is 4.83. The zero-order valence-corrected chi connectivity index (χ0v) is 11.6. The Morgan fingerprint density at radius 1 is 1.35 bits per heavy atom. The predicted molar refractivity (Wildman–Crippen MR) is 71.2 cm³/mol. The van der Waals surface area contributed by atoms with Crippen LogP contribution < -0.4 is 5.32 Å². The number of likely N-dealkylation sites (N-methyl/N-ethyl adjacent to an activating group) is 2. The van der Waals surface area contributed by atoms with Gasteiger partial charge in [0.2, 0.25) is 0 Å². The molecule has 2 aliphatic rings. The molecule has 0 aromatic heterocycles. The summed E-state index contributed by atoms with van der Waals surface area (Å²) in [6, 6.07) is 0.462. The van der Waals surface area contributed by atoms with E-state index >= 15 is 0 Å². The quantitative estimate of drug-likeness (QED) is 0.731. The average Bonchev–Trinajstić information content (AvgIpc) is 2.90. The van der Waals surface area contributed by atoms with E-state index in [0.29, 0.717) is 6.04 Å². The van der Waals surface area contributed by atoms with Crippen LogP contribution in [0.3, 0.4) is 0 Å². The van der Waals surface area contributed by atoms with Gasteiger partial charge in [0.15, 0.2) is 0 Å². The Morgan fingerprint density at radius 3 is 2.71 bits per heavy atom. The molecule has 4 unspecified atom stereocenters. The first-order valence-electron chi connectivity index (χ1n) is 7.07. The molecule has 2 saturated carbocycles. The van der Waals surface area contributed by atoms with Crippen molar-refractivity contribution in [3.63, 3.8) is 0 Å². The van der Waals surface area contributed by atoms with Crippen LogP contribution in [0.5, 0.6) is 0 Å². The largest absolute Gasteiger partial charge is 0.383 e. The SMILES string of the molecule is CNC(COC)CN(C)CC1CC2CCC1C2. The van der Waals surface area contributed by atoms with Gasteiger partial charge in [-0.15, -0.1) is 0 Å². The van der Waals surface area contributed by atoms with Crippen LogP contribution in [0.4, 0.5) is 0 Å². The molecule has 0 amide bonds. The lowest BCUT2D eigenvalue weighted by molar-refractivity contribution is 0.138. The van der Waals surface area contributed by atoms with Gasteiger partial charge in [0.25, 0.3) is 0 Å². The first kappa shape index (κ1) is 13.3. The highest BCUT2D eigenvalue weighted by Gasteiger charge is 2.39. The zero-order chi connectivity index (χ0) is 12.3. The molecule has 2 aliphatic carbocycles. The van der Waals surface area contributed by atoms with E-state index in [1.165, 1.54) is 32.2 Å². The summed E-state index contributed by atoms with van der Waals surface area (Å²) in [5.41, 5.74) is 0. The van der Waals surface area contributed by atoms with Gasteiger partial charge in [-0.25, -0.2) is 0 Å². The van der Waals surface area contributed by atoms with Crippen molar-refractivity contribution < 1.29 is 4.74 Å². The van der Waals surface area contributed by atoms with Crippen molar-refractivity contribution >= 4 is 0 Å². The first-order valence-corrected chi connectivity index (χ1v) is 7.07. The lowest BCUT2D eigenvalue weighted by Crippen LogP contribution is -2.42. The molecule has 0 saturated heterocycles. The maximum Gasteiger partial charge on any atom is 0.0628 e. The fourth-order valence-electron chi connectivity index (χ4n) is 3.88. The molecule has 0 aromatic rings. The minimum absolute atomic E-state index is 0.462. The summed E-state index contributed by atoms with van der Waals surface area (Å²) in [7, 11) is 6.06. The van der Waals surface area contributed by atoms with Gasteiger partial charge in [0, 0.05) is 26.2 Å². The Balaban J connectivity index is 1.71. The molecule has 0 aliphatic heterocycles. The van der Waals surface area contributed by atoms with Crippen LogP contribution in [0.15, 0.2) is 0 Å². The lowest BCUT2D eigenvalue weighted by atomic mass is 9.88. The fourth-order valence-corrected chi connectivity index (χ4v) is 3.88. The molecule has 3 heteroatoms. The second kappa shape index (κ2) is 6.17. The van der Waals surface area contributed by atoms with Crippen LogP contribution in [-0.4, -0.2) is 51.8 Å². The van der Waals surface area contributed by atoms with Gasteiger partial charge in [-0.1, -0.05) is 6.42 Å². The molecule has 17 heavy (non-hydrogen) atoms. The Bertz CT molecular complexity index is 234. The number of hydrogen-bond acceptors (Lipinski definition) is 3. The van der Waals surface area contributed by atoms with E-state index in [1.807, 2.05) is 7.05 Å². The number of nitrogens with one attached hydrogen (secondary N) is 1. The maximum atomic E-state index is 5.23. The molecule has 2 bridgehead atoms. The smallest absolute Gasteiger partial charge is 0.0628 e. The first-order chi connectivity index (χ1) is 8.22. The van der Waals surface area contributed by atoms with Crippen LogP contribution in [-0.2, 0) is 4.74 Å². The van der Waals surface area contributed by atoms with Gasteiger partial charge < -0.3 is 15.0 Å². The van der Waals surface area contributed by atoms with E-state index in [1.54, 1.807) is 7.11 Å². The zero-order valence-electron chi connectivity index (χ0n) is 11.6. The molecule has 2 rings (SSSR count). The molecule has 0 spiro atoms. The van der Waals surface area contributed by atoms with Gasteiger partial charge >= 0.3 is 0 Å². The van der Waals surface area contributed by atoms with E-state index in [9.17, 15) is 0 Å². The second-order valence-electron chi connectivity index (χ2n) is 6.10. The number of hydrogen-bond donors (Lipinski definition) is 1. The van der Waals surface area contributed by atoms with Gasteiger partial charge in [-0.05, 0) is 51.1 Å². The van der Waals surface area contributed by atoms with E-state index in [4.69, 9.17) is 4.74 Å². The number of ether oxygens (including phenoxy) is 1. The molecule has 0 aromatic carbocycles. The molecule has 0 heterocycles. The number of rotatable bonds is 7. The van der Waals surface area contributed by atoms with Crippen LogP contribution >= 0.6 is 0 Å². The van der Waals surface area contributed by atoms with Gasteiger partial charge in [0.05, 0.1) is 6.61 Å². The molecule has 2 fully saturated rings. The van der Waals surface area contributed by atoms with Gasteiger partial charge in [-0.2, -0.15) is 0 Å². The lowest BCUT2D eigenvalue weighted by Gasteiger charge is -2.29. The highest BCUT2D eigenvalue weighted by molar-refractivity contribution is 4.91. The number of fused-ring (bicyclic) bond motifs is 2. The summed E-state index contributed by atoms with van der Waals surface area (Å²) < 4.78 is 5.23. The summed E-state index contributed by atoms with van der Waals surface area (Å²) >= 11 is 0. The van der Waals surface area contributed by atoms with E-state index in [0.717, 1.165) is 30.9 Å². The highest BCUT2D eigenvalue weighted by Crippen LogP contribution is 2.48. The van der Waals surface area contributed by atoms with Crippen molar-refractivity contribution in [2.24, 2.45) is 17.8 Å². The summed E-state index contributed by atoms with van der Waals surface area (Å²) in [6.07, 6.45) is 6.01. The Morgan fingerprint density at radius 2 is 2.18 bits per heavy atom. The number of nitrogens with zero attached hydrogens (tertiary/aromatic N) is 1. The summed E-state index contributed by atoms with van der Waals surface area (Å²) in [6.45, 7) is 3.18. The van der Waals surface area contributed by atoms with Gasteiger partial charge in [0.1, 0.15) is 0 Å². The minimum Gasteiger partial charge on any atom is -0.383 e. The average molecular weight is 240 g/mol. The summed E-state index contributed by atoms with van der Waals surface area (Å²) in [5, 5.41) is 3.33. The molecule has 1 N–H and O–H groups in total.